The number of amides is 1. The Hall–Kier alpha value is -4.26. The van der Waals surface area contributed by atoms with Gasteiger partial charge in [0.25, 0.3) is 0 Å². The van der Waals surface area contributed by atoms with Crippen LogP contribution in [0.15, 0.2) is 30.3 Å². The molecule has 1 saturated heterocycles. The molecule has 0 bridgehead atoms. The van der Waals surface area contributed by atoms with Crippen molar-refractivity contribution < 1.29 is 14.3 Å². The number of ether oxygens (including phenoxy) is 2. The van der Waals surface area contributed by atoms with Gasteiger partial charge in [-0.2, -0.15) is 10.2 Å². The maximum Gasteiger partial charge on any atom is 0.229 e. The van der Waals surface area contributed by atoms with Gasteiger partial charge in [0.15, 0.2) is 11.5 Å². The standard InChI is InChI=1S/C24H27N7O3/c1-14(32)27-17-5-4-6-31(13-17)23-19-10-21(33-2)22(34-3)11-20(19)29-24(30-23)28-18-8-15(12-25)7-16(26)9-18/h7-11,17H,4-6,13,26H2,1-3H3,(H,27,32)(H,28,29,30). The van der Waals surface area contributed by atoms with E-state index in [0.29, 0.717) is 52.3 Å². The van der Waals surface area contributed by atoms with Crippen LogP contribution in [0.2, 0.25) is 0 Å². The van der Waals surface area contributed by atoms with Gasteiger partial charge in [-0.25, -0.2) is 4.98 Å². The zero-order chi connectivity index (χ0) is 24.2. The molecule has 4 rings (SSSR count). The fourth-order valence-corrected chi connectivity index (χ4v) is 4.23. The average molecular weight is 462 g/mol. The Bertz CT molecular complexity index is 1270. The number of fused-ring (bicyclic) bond motifs is 1. The number of nitrogen functional groups attached to an aromatic ring is 1. The van der Waals surface area contributed by atoms with E-state index in [1.54, 1.807) is 38.5 Å². The predicted octanol–water partition coefficient (Wildman–Crippen LogP) is 2.95. The molecular formula is C24H27N7O3. The van der Waals surface area contributed by atoms with Crippen LogP contribution in [0.1, 0.15) is 25.3 Å². The molecule has 34 heavy (non-hydrogen) atoms. The van der Waals surface area contributed by atoms with Gasteiger partial charge in [0, 0.05) is 48.9 Å². The molecule has 1 atom stereocenters. The number of anilines is 4. The highest BCUT2D eigenvalue weighted by molar-refractivity contribution is 5.93. The zero-order valence-electron chi connectivity index (χ0n) is 19.4. The first-order chi connectivity index (χ1) is 16.4. The number of carbonyl (C=O) groups excluding carboxylic acids is 1. The Morgan fingerprint density at radius 3 is 2.65 bits per heavy atom. The minimum absolute atomic E-state index is 0.0277. The molecular weight excluding hydrogens is 434 g/mol. The molecule has 10 heteroatoms. The molecule has 0 radical (unpaired) electrons. The fraction of sp³-hybridized carbons (Fsp3) is 0.333. The normalized spacial score (nSPS) is 15.5. The van der Waals surface area contributed by atoms with Crippen molar-refractivity contribution in [2.24, 2.45) is 0 Å². The third-order valence-electron chi connectivity index (χ3n) is 5.65. The van der Waals surface area contributed by atoms with Gasteiger partial charge < -0.3 is 30.7 Å². The van der Waals surface area contributed by atoms with E-state index >= 15 is 0 Å². The third-order valence-corrected chi connectivity index (χ3v) is 5.65. The van der Waals surface area contributed by atoms with E-state index in [9.17, 15) is 10.1 Å². The van der Waals surface area contributed by atoms with Crippen molar-refractivity contribution in [1.29, 1.82) is 5.26 Å². The second-order valence-electron chi connectivity index (χ2n) is 8.16. The van der Waals surface area contributed by atoms with Crippen LogP contribution < -0.4 is 30.7 Å². The SMILES string of the molecule is COc1cc2nc(Nc3cc(N)cc(C#N)c3)nc(N3CCCC(NC(C)=O)C3)c2cc1OC. The summed E-state index contributed by atoms with van der Waals surface area (Å²) in [6.45, 7) is 2.93. The number of benzene rings is 2. The minimum atomic E-state index is -0.0527. The quantitative estimate of drug-likeness (QED) is 0.473. The summed E-state index contributed by atoms with van der Waals surface area (Å²) >= 11 is 0. The molecule has 1 unspecified atom stereocenters. The van der Waals surface area contributed by atoms with Crippen LogP contribution in [0, 0.1) is 11.3 Å². The van der Waals surface area contributed by atoms with E-state index in [2.05, 4.69) is 26.6 Å². The summed E-state index contributed by atoms with van der Waals surface area (Å²) in [6.07, 6.45) is 1.81. The minimum Gasteiger partial charge on any atom is -0.493 e. The second kappa shape index (κ2) is 9.70. The summed E-state index contributed by atoms with van der Waals surface area (Å²) in [6, 6.07) is 10.8. The number of nitriles is 1. The predicted molar refractivity (Wildman–Crippen MR) is 131 cm³/mol. The van der Waals surface area contributed by atoms with Gasteiger partial charge >= 0.3 is 0 Å². The molecule has 10 nitrogen and oxygen atoms in total. The molecule has 0 spiro atoms. The smallest absolute Gasteiger partial charge is 0.229 e. The Labute approximate surface area is 197 Å². The number of aromatic nitrogens is 2. The molecule has 3 aromatic rings. The van der Waals surface area contributed by atoms with E-state index < -0.39 is 0 Å². The lowest BCUT2D eigenvalue weighted by molar-refractivity contribution is -0.119. The van der Waals surface area contributed by atoms with Crippen molar-refractivity contribution in [2.75, 3.05) is 43.3 Å². The lowest BCUT2D eigenvalue weighted by Gasteiger charge is -2.34. The van der Waals surface area contributed by atoms with Crippen LogP contribution in [0.5, 0.6) is 11.5 Å². The van der Waals surface area contributed by atoms with Crippen molar-refractivity contribution in [3.8, 4) is 17.6 Å². The lowest BCUT2D eigenvalue weighted by atomic mass is 10.0. The van der Waals surface area contributed by atoms with Gasteiger partial charge in [-0.1, -0.05) is 0 Å². The van der Waals surface area contributed by atoms with Gasteiger partial charge in [0.2, 0.25) is 11.9 Å². The summed E-state index contributed by atoms with van der Waals surface area (Å²) in [5.74, 6) is 2.14. The molecule has 4 N–H and O–H groups in total. The molecule has 0 saturated carbocycles. The number of nitrogens with one attached hydrogen (secondary N) is 2. The van der Waals surface area contributed by atoms with Crippen LogP contribution in [0.3, 0.4) is 0 Å². The number of piperidine rings is 1. The molecule has 176 valence electrons. The zero-order valence-corrected chi connectivity index (χ0v) is 19.4. The topological polar surface area (TPSA) is 138 Å². The number of methoxy groups -OCH3 is 2. The van der Waals surface area contributed by atoms with Crippen molar-refractivity contribution in [2.45, 2.75) is 25.8 Å². The third kappa shape index (κ3) is 4.88. The number of hydrogen-bond acceptors (Lipinski definition) is 9. The molecule has 1 fully saturated rings. The van der Waals surface area contributed by atoms with Gasteiger partial charge in [-0.05, 0) is 37.1 Å². The Kier molecular flexibility index (Phi) is 6.54. The van der Waals surface area contributed by atoms with Crippen LogP contribution in [-0.4, -0.2) is 49.2 Å². The highest BCUT2D eigenvalue weighted by atomic mass is 16.5. The van der Waals surface area contributed by atoms with Crippen molar-refractivity contribution in [3.63, 3.8) is 0 Å². The highest BCUT2D eigenvalue weighted by Crippen LogP contribution is 2.37. The van der Waals surface area contributed by atoms with Crippen LogP contribution in [-0.2, 0) is 4.79 Å². The summed E-state index contributed by atoms with van der Waals surface area (Å²) in [5, 5.41) is 16.3. The van der Waals surface area contributed by atoms with Crippen molar-refractivity contribution >= 4 is 40.0 Å². The lowest BCUT2D eigenvalue weighted by Crippen LogP contribution is -2.47. The van der Waals surface area contributed by atoms with Crippen molar-refractivity contribution in [3.05, 3.63) is 35.9 Å². The van der Waals surface area contributed by atoms with Gasteiger partial charge in [0.05, 0.1) is 31.4 Å². The summed E-state index contributed by atoms with van der Waals surface area (Å²) in [5.41, 5.74) is 8.11. The van der Waals surface area contributed by atoms with Crippen LogP contribution >= 0.6 is 0 Å². The molecule has 0 aliphatic carbocycles. The first kappa shape index (κ1) is 22.9. The van der Waals surface area contributed by atoms with E-state index in [1.807, 2.05) is 6.07 Å². The maximum atomic E-state index is 11.6. The number of nitrogens with two attached hydrogens (primary N) is 1. The Morgan fingerprint density at radius 1 is 1.18 bits per heavy atom. The Balaban J connectivity index is 1.81. The first-order valence-electron chi connectivity index (χ1n) is 10.9. The highest BCUT2D eigenvalue weighted by Gasteiger charge is 2.25. The number of hydrogen-bond donors (Lipinski definition) is 3. The maximum absolute atomic E-state index is 11.6. The Morgan fingerprint density at radius 2 is 1.94 bits per heavy atom. The monoisotopic (exact) mass is 461 g/mol. The van der Waals surface area contributed by atoms with E-state index in [4.69, 9.17) is 20.2 Å². The second-order valence-corrected chi connectivity index (χ2v) is 8.16. The summed E-state index contributed by atoms with van der Waals surface area (Å²) in [7, 11) is 3.16. The molecule has 2 aromatic carbocycles. The van der Waals surface area contributed by atoms with Gasteiger partial charge in [0.1, 0.15) is 5.82 Å². The van der Waals surface area contributed by atoms with E-state index in [-0.39, 0.29) is 11.9 Å². The number of nitrogens with zero attached hydrogens (tertiary/aromatic N) is 4. The molecule has 1 aliphatic rings. The van der Waals surface area contributed by atoms with Crippen molar-refractivity contribution in [1.82, 2.24) is 15.3 Å². The largest absolute Gasteiger partial charge is 0.493 e. The molecule has 1 amide bonds. The summed E-state index contributed by atoms with van der Waals surface area (Å²) in [4.78, 5) is 23.3. The van der Waals surface area contributed by atoms with Crippen LogP contribution in [0.25, 0.3) is 10.9 Å². The van der Waals surface area contributed by atoms with E-state index in [1.165, 1.54) is 6.92 Å². The summed E-state index contributed by atoms with van der Waals surface area (Å²) < 4.78 is 11.0. The van der Waals surface area contributed by atoms with Crippen LogP contribution in [0.4, 0.5) is 23.1 Å². The van der Waals surface area contributed by atoms with Gasteiger partial charge in [-0.15, -0.1) is 0 Å². The molecule has 1 aliphatic heterocycles. The number of rotatable bonds is 6. The first-order valence-corrected chi connectivity index (χ1v) is 10.9. The molecule has 2 heterocycles. The van der Waals surface area contributed by atoms with Gasteiger partial charge in [-0.3, -0.25) is 4.79 Å². The average Bonchev–Trinajstić information content (AvgIpc) is 2.82. The fourth-order valence-electron chi connectivity index (χ4n) is 4.23. The number of carbonyl (C=O) groups is 1. The van der Waals surface area contributed by atoms with E-state index in [0.717, 1.165) is 24.8 Å². The molecule has 1 aromatic heterocycles.